The summed E-state index contributed by atoms with van der Waals surface area (Å²) in [5, 5.41) is 10.4. The van der Waals surface area contributed by atoms with Gasteiger partial charge in [0.25, 0.3) is 5.91 Å². The molecule has 110 valence electrons. The summed E-state index contributed by atoms with van der Waals surface area (Å²) in [5.74, 6) is -1.12. The van der Waals surface area contributed by atoms with Gasteiger partial charge in [0, 0.05) is 25.8 Å². The van der Waals surface area contributed by atoms with Crippen molar-refractivity contribution in [1.82, 2.24) is 4.90 Å². The van der Waals surface area contributed by atoms with Crippen LogP contribution < -0.4 is 0 Å². The molecule has 5 nitrogen and oxygen atoms in total. The molecule has 1 rings (SSSR count). The second-order valence-electron chi connectivity index (χ2n) is 3.96. The van der Waals surface area contributed by atoms with Crippen molar-refractivity contribution in [2.45, 2.75) is 13.8 Å². The normalized spacial score (nSPS) is 10.9. The molecule has 1 amide bonds. The minimum Gasteiger partial charge on any atom is -0.478 e. The molecule has 0 aromatic carbocycles. The predicted molar refractivity (Wildman–Crippen MR) is 79.1 cm³/mol. The van der Waals surface area contributed by atoms with E-state index in [1.54, 1.807) is 16.3 Å². The van der Waals surface area contributed by atoms with Gasteiger partial charge in [-0.15, -0.1) is 11.3 Å². The highest BCUT2D eigenvalue weighted by atomic mass is 32.1. The van der Waals surface area contributed by atoms with Gasteiger partial charge in [-0.2, -0.15) is 0 Å². The lowest BCUT2D eigenvalue weighted by atomic mass is 10.2. The second-order valence-corrected chi connectivity index (χ2v) is 4.87. The van der Waals surface area contributed by atoms with Crippen LogP contribution in [0.15, 0.2) is 17.5 Å². The van der Waals surface area contributed by atoms with Crippen molar-refractivity contribution < 1.29 is 19.4 Å². The van der Waals surface area contributed by atoms with Crippen LogP contribution in [0.5, 0.6) is 0 Å². The number of amides is 1. The van der Waals surface area contributed by atoms with E-state index >= 15 is 0 Å². The first-order valence-corrected chi connectivity index (χ1v) is 7.33. The third-order valence-corrected chi connectivity index (χ3v) is 3.59. The van der Waals surface area contributed by atoms with Gasteiger partial charge in [-0.05, 0) is 36.9 Å². The Morgan fingerprint density at radius 1 is 1.45 bits per heavy atom. The van der Waals surface area contributed by atoms with Crippen LogP contribution in [0.4, 0.5) is 0 Å². The molecule has 1 aromatic rings. The molecule has 0 aliphatic carbocycles. The zero-order chi connectivity index (χ0) is 15.0. The Bertz CT molecular complexity index is 481. The van der Waals surface area contributed by atoms with Crippen LogP contribution in [0.1, 0.15) is 29.1 Å². The number of aliphatic carboxylic acids is 1. The number of carbonyl (C=O) groups excluding carboxylic acids is 1. The highest BCUT2D eigenvalue weighted by Crippen LogP contribution is 2.20. The molecule has 0 spiro atoms. The first-order valence-electron chi connectivity index (χ1n) is 6.45. The van der Waals surface area contributed by atoms with Gasteiger partial charge in [0.2, 0.25) is 0 Å². The van der Waals surface area contributed by atoms with Crippen LogP contribution in [-0.2, 0) is 9.53 Å². The minimum absolute atomic E-state index is 0.0905. The van der Waals surface area contributed by atoms with Crippen LogP contribution >= 0.6 is 11.3 Å². The molecule has 0 aliphatic heterocycles. The van der Waals surface area contributed by atoms with Crippen molar-refractivity contribution in [1.29, 1.82) is 0 Å². The smallest absolute Gasteiger partial charge is 0.328 e. The molecule has 0 bridgehead atoms. The second kappa shape index (κ2) is 8.50. The summed E-state index contributed by atoms with van der Waals surface area (Å²) >= 11 is 1.32. The van der Waals surface area contributed by atoms with Crippen molar-refractivity contribution in [3.05, 3.63) is 28.0 Å². The van der Waals surface area contributed by atoms with Gasteiger partial charge in [0.1, 0.15) is 0 Å². The van der Waals surface area contributed by atoms with Gasteiger partial charge in [-0.1, -0.05) is 0 Å². The quantitative estimate of drug-likeness (QED) is 0.591. The predicted octanol–water partition coefficient (Wildman–Crippen LogP) is 2.34. The van der Waals surface area contributed by atoms with Crippen LogP contribution in [0.3, 0.4) is 0 Å². The summed E-state index contributed by atoms with van der Waals surface area (Å²) < 4.78 is 5.26. The SMILES string of the molecule is CCOCCN(CC)C(=O)c1sccc1C=CC(=O)O. The Kier molecular flexibility index (Phi) is 6.97. The van der Waals surface area contributed by atoms with E-state index in [1.165, 1.54) is 17.4 Å². The first kappa shape index (κ1) is 16.4. The Labute approximate surface area is 122 Å². The molecule has 0 saturated carbocycles. The number of nitrogens with zero attached hydrogens (tertiary/aromatic N) is 1. The third-order valence-electron chi connectivity index (χ3n) is 2.67. The van der Waals surface area contributed by atoms with Crippen molar-refractivity contribution >= 4 is 29.3 Å². The topological polar surface area (TPSA) is 66.8 Å². The fourth-order valence-electron chi connectivity index (χ4n) is 1.65. The highest BCUT2D eigenvalue weighted by molar-refractivity contribution is 7.12. The van der Waals surface area contributed by atoms with Gasteiger partial charge in [-0.3, -0.25) is 4.79 Å². The van der Waals surface area contributed by atoms with Crippen LogP contribution in [0.2, 0.25) is 0 Å². The Morgan fingerprint density at radius 2 is 2.20 bits per heavy atom. The van der Waals surface area contributed by atoms with E-state index < -0.39 is 5.97 Å². The summed E-state index contributed by atoms with van der Waals surface area (Å²) in [6.07, 6.45) is 2.48. The first-order chi connectivity index (χ1) is 9.60. The standard InChI is InChI=1S/C14H19NO4S/c1-3-15(8-9-19-4-2)14(18)13-11(7-10-20-13)5-6-12(16)17/h5-7,10H,3-4,8-9H2,1-2H3,(H,16,17). The average Bonchev–Trinajstić information content (AvgIpc) is 2.89. The van der Waals surface area contributed by atoms with E-state index in [9.17, 15) is 9.59 Å². The number of hydrogen-bond donors (Lipinski definition) is 1. The zero-order valence-corrected chi connectivity index (χ0v) is 12.5. The Balaban J connectivity index is 2.79. The monoisotopic (exact) mass is 297 g/mol. The lowest BCUT2D eigenvalue weighted by Gasteiger charge is -2.20. The van der Waals surface area contributed by atoms with Crippen LogP contribution in [-0.4, -0.2) is 48.2 Å². The van der Waals surface area contributed by atoms with E-state index in [1.807, 2.05) is 13.8 Å². The molecule has 1 aromatic heterocycles. The van der Waals surface area contributed by atoms with E-state index in [4.69, 9.17) is 9.84 Å². The number of ether oxygens (including phenoxy) is 1. The van der Waals surface area contributed by atoms with E-state index in [0.717, 1.165) is 6.08 Å². The molecule has 20 heavy (non-hydrogen) atoms. The largest absolute Gasteiger partial charge is 0.478 e. The number of carboxylic acid groups (broad SMARTS) is 1. The summed E-state index contributed by atoms with van der Waals surface area (Å²) in [7, 11) is 0. The molecule has 1 N–H and O–H groups in total. The molecule has 0 saturated heterocycles. The molecular weight excluding hydrogens is 278 g/mol. The molecule has 6 heteroatoms. The zero-order valence-electron chi connectivity index (χ0n) is 11.7. The van der Waals surface area contributed by atoms with Crippen LogP contribution in [0.25, 0.3) is 6.08 Å². The van der Waals surface area contributed by atoms with Gasteiger partial charge in [-0.25, -0.2) is 4.79 Å². The van der Waals surface area contributed by atoms with E-state index in [2.05, 4.69) is 0 Å². The molecule has 0 radical (unpaired) electrons. The molecule has 0 aliphatic rings. The number of carboxylic acids is 1. The van der Waals surface area contributed by atoms with E-state index in [0.29, 0.717) is 36.7 Å². The van der Waals surface area contributed by atoms with E-state index in [-0.39, 0.29) is 5.91 Å². The fourth-order valence-corrected chi connectivity index (χ4v) is 2.50. The maximum Gasteiger partial charge on any atom is 0.328 e. The summed E-state index contributed by atoms with van der Waals surface area (Å²) in [4.78, 5) is 25.2. The summed E-state index contributed by atoms with van der Waals surface area (Å²) in [5.41, 5.74) is 0.636. The Morgan fingerprint density at radius 3 is 2.80 bits per heavy atom. The van der Waals surface area contributed by atoms with Crippen molar-refractivity contribution in [2.75, 3.05) is 26.3 Å². The summed E-state index contributed by atoms with van der Waals surface area (Å²) in [6, 6.07) is 1.74. The van der Waals surface area contributed by atoms with Crippen molar-refractivity contribution in [3.63, 3.8) is 0 Å². The minimum atomic E-state index is -1.03. The molecule has 0 fully saturated rings. The molecule has 0 atom stereocenters. The molecule has 1 heterocycles. The number of thiophene rings is 1. The van der Waals surface area contributed by atoms with Gasteiger partial charge >= 0.3 is 5.97 Å². The number of likely N-dealkylation sites (N-methyl/N-ethyl adjacent to an activating group) is 1. The van der Waals surface area contributed by atoms with Gasteiger partial charge in [0.05, 0.1) is 11.5 Å². The Hall–Kier alpha value is -1.66. The third kappa shape index (κ3) is 4.79. The number of carbonyl (C=O) groups is 2. The van der Waals surface area contributed by atoms with Gasteiger partial charge in [0.15, 0.2) is 0 Å². The molecular formula is C14H19NO4S. The van der Waals surface area contributed by atoms with Gasteiger partial charge < -0.3 is 14.7 Å². The number of hydrogen-bond acceptors (Lipinski definition) is 4. The fraction of sp³-hybridized carbons (Fsp3) is 0.429. The maximum atomic E-state index is 12.4. The highest BCUT2D eigenvalue weighted by Gasteiger charge is 2.18. The number of rotatable bonds is 8. The average molecular weight is 297 g/mol. The maximum absolute atomic E-state index is 12.4. The van der Waals surface area contributed by atoms with Crippen molar-refractivity contribution in [3.8, 4) is 0 Å². The lowest BCUT2D eigenvalue weighted by Crippen LogP contribution is -2.33. The summed E-state index contributed by atoms with van der Waals surface area (Å²) in [6.45, 7) is 6.06. The van der Waals surface area contributed by atoms with Crippen LogP contribution in [0, 0.1) is 0 Å². The molecule has 0 unspecified atom stereocenters. The van der Waals surface area contributed by atoms with Crippen molar-refractivity contribution in [2.24, 2.45) is 0 Å². The lowest BCUT2D eigenvalue weighted by molar-refractivity contribution is -0.131.